The molecular weight excluding hydrogens is 330 g/mol. The van der Waals surface area contributed by atoms with E-state index in [0.29, 0.717) is 10.6 Å². The number of hydrogen-bond donors (Lipinski definition) is 1. The zero-order chi connectivity index (χ0) is 17.5. The van der Waals surface area contributed by atoms with Gasteiger partial charge in [0.05, 0.1) is 29.4 Å². The van der Waals surface area contributed by atoms with E-state index in [9.17, 15) is 9.59 Å². The molecule has 6 heteroatoms. The molecular formula is C18H16ClNO4. The number of benzene rings is 1. The predicted octanol–water partition coefficient (Wildman–Crippen LogP) is 3.42. The van der Waals surface area contributed by atoms with Crippen molar-refractivity contribution in [1.29, 1.82) is 0 Å². The van der Waals surface area contributed by atoms with Gasteiger partial charge in [0, 0.05) is 11.8 Å². The second-order valence-corrected chi connectivity index (χ2v) is 5.03. The van der Waals surface area contributed by atoms with Crippen LogP contribution in [0.2, 0.25) is 5.02 Å². The fraction of sp³-hybridized carbons (Fsp3) is 0.222. The number of hydrogen-bond acceptors (Lipinski definition) is 4. The summed E-state index contributed by atoms with van der Waals surface area (Å²) in [6.07, 6.45) is 1.39. The Labute approximate surface area is 144 Å². The Morgan fingerprint density at radius 3 is 2.42 bits per heavy atom. The van der Waals surface area contributed by atoms with E-state index in [4.69, 9.17) is 21.1 Å². The zero-order valence-corrected chi connectivity index (χ0v) is 14.1. The first kappa shape index (κ1) is 17.6. The topological polar surface area (TPSA) is 68.4 Å². The molecule has 0 aliphatic rings. The third-order valence-corrected chi connectivity index (χ3v) is 3.38. The number of H-pyrrole nitrogens is 1. The number of esters is 2. The minimum atomic E-state index is -0.587. The highest BCUT2D eigenvalue weighted by molar-refractivity contribution is 6.31. The fourth-order valence-corrected chi connectivity index (χ4v) is 2.16. The lowest BCUT2D eigenvalue weighted by Crippen LogP contribution is -2.09. The molecule has 0 atom stereocenters. The number of nitrogens with one attached hydrogen (secondary N) is 1. The van der Waals surface area contributed by atoms with Crippen LogP contribution in [0.3, 0.4) is 0 Å². The molecule has 24 heavy (non-hydrogen) atoms. The van der Waals surface area contributed by atoms with Crippen LogP contribution in [0.5, 0.6) is 0 Å². The first-order valence-corrected chi connectivity index (χ1v) is 7.78. The van der Waals surface area contributed by atoms with Crippen LogP contribution in [-0.2, 0) is 9.47 Å². The highest BCUT2D eigenvalue weighted by atomic mass is 35.5. The lowest BCUT2D eigenvalue weighted by Gasteiger charge is -2.02. The largest absolute Gasteiger partial charge is 0.462 e. The molecule has 0 bridgehead atoms. The molecule has 0 aliphatic carbocycles. The van der Waals surface area contributed by atoms with Gasteiger partial charge in [-0.3, -0.25) is 0 Å². The molecule has 0 spiro atoms. The molecule has 1 heterocycles. The maximum atomic E-state index is 12.0. The molecule has 0 radical (unpaired) electrons. The van der Waals surface area contributed by atoms with Gasteiger partial charge in [-0.15, -0.1) is 0 Å². The third kappa shape index (κ3) is 3.98. The third-order valence-electron chi connectivity index (χ3n) is 3.05. The van der Waals surface area contributed by atoms with E-state index >= 15 is 0 Å². The molecule has 0 saturated carbocycles. The summed E-state index contributed by atoms with van der Waals surface area (Å²) in [5, 5.41) is 0.482. The number of carbonyl (C=O) groups excluding carboxylic acids is 2. The van der Waals surface area contributed by atoms with E-state index in [1.54, 1.807) is 38.1 Å². The van der Waals surface area contributed by atoms with Crippen molar-refractivity contribution in [3.63, 3.8) is 0 Å². The van der Waals surface area contributed by atoms with Gasteiger partial charge < -0.3 is 14.5 Å². The van der Waals surface area contributed by atoms with Gasteiger partial charge in [-0.1, -0.05) is 35.6 Å². The van der Waals surface area contributed by atoms with E-state index in [1.807, 2.05) is 0 Å². The van der Waals surface area contributed by atoms with E-state index in [1.165, 1.54) is 6.20 Å². The van der Waals surface area contributed by atoms with Crippen LogP contribution in [0.4, 0.5) is 0 Å². The van der Waals surface area contributed by atoms with Gasteiger partial charge in [-0.25, -0.2) is 9.59 Å². The van der Waals surface area contributed by atoms with Crippen LogP contribution in [0.15, 0.2) is 30.5 Å². The standard InChI is InChI=1S/C18H16ClNO4/c1-3-23-17(21)14-11-20-16(18(22)24-4-2)13(14)10-9-12-7-5-6-8-15(12)19/h5-8,11,20H,3-4H2,1-2H3. The van der Waals surface area contributed by atoms with E-state index < -0.39 is 11.9 Å². The van der Waals surface area contributed by atoms with Crippen LogP contribution >= 0.6 is 11.6 Å². The molecule has 5 nitrogen and oxygen atoms in total. The molecule has 124 valence electrons. The fourth-order valence-electron chi connectivity index (χ4n) is 1.98. The van der Waals surface area contributed by atoms with Crippen molar-refractivity contribution in [1.82, 2.24) is 4.98 Å². The number of aromatic amines is 1. The Bertz CT molecular complexity index is 778. The monoisotopic (exact) mass is 345 g/mol. The molecule has 0 unspecified atom stereocenters. The summed E-state index contributed by atoms with van der Waals surface area (Å²) in [6, 6.07) is 7.04. The van der Waals surface area contributed by atoms with Gasteiger partial charge >= 0.3 is 11.9 Å². The first-order chi connectivity index (χ1) is 11.6. The summed E-state index contributed by atoms with van der Waals surface area (Å²) < 4.78 is 9.97. The van der Waals surface area contributed by atoms with Crippen molar-refractivity contribution in [2.45, 2.75) is 13.8 Å². The molecule has 0 amide bonds. The van der Waals surface area contributed by atoms with E-state index in [-0.39, 0.29) is 30.0 Å². The smallest absolute Gasteiger partial charge is 0.356 e. The number of ether oxygens (including phenoxy) is 2. The Kier molecular flexibility index (Phi) is 6.05. The first-order valence-electron chi connectivity index (χ1n) is 7.40. The summed E-state index contributed by atoms with van der Waals surface area (Å²) in [7, 11) is 0. The van der Waals surface area contributed by atoms with Crippen LogP contribution < -0.4 is 0 Å². The average Bonchev–Trinajstić information content (AvgIpc) is 2.98. The number of halogens is 1. The minimum absolute atomic E-state index is 0.111. The van der Waals surface area contributed by atoms with Crippen molar-refractivity contribution in [3.8, 4) is 11.8 Å². The average molecular weight is 346 g/mol. The Morgan fingerprint density at radius 1 is 1.08 bits per heavy atom. The van der Waals surface area contributed by atoms with Crippen LogP contribution in [0.25, 0.3) is 0 Å². The normalized spacial score (nSPS) is 9.79. The Morgan fingerprint density at radius 2 is 1.75 bits per heavy atom. The van der Waals surface area contributed by atoms with Crippen molar-refractivity contribution < 1.29 is 19.1 Å². The summed E-state index contributed by atoms with van der Waals surface area (Å²) in [5.74, 6) is 4.55. The van der Waals surface area contributed by atoms with Crippen molar-refractivity contribution >= 4 is 23.5 Å². The van der Waals surface area contributed by atoms with Gasteiger partial charge in [0.2, 0.25) is 0 Å². The van der Waals surface area contributed by atoms with E-state index in [2.05, 4.69) is 16.8 Å². The van der Waals surface area contributed by atoms with Crippen LogP contribution in [0, 0.1) is 11.8 Å². The van der Waals surface area contributed by atoms with Crippen molar-refractivity contribution in [2.24, 2.45) is 0 Å². The summed E-state index contributed by atoms with van der Waals surface area (Å²) in [5.41, 5.74) is 1.11. The molecule has 1 aromatic carbocycles. The van der Waals surface area contributed by atoms with E-state index in [0.717, 1.165) is 0 Å². The SMILES string of the molecule is CCOC(=O)c1c[nH]c(C(=O)OCC)c1C#Cc1ccccc1Cl. The highest BCUT2D eigenvalue weighted by Crippen LogP contribution is 2.18. The molecule has 0 saturated heterocycles. The minimum Gasteiger partial charge on any atom is -0.462 e. The van der Waals surface area contributed by atoms with Gasteiger partial charge in [0.25, 0.3) is 0 Å². The highest BCUT2D eigenvalue weighted by Gasteiger charge is 2.22. The van der Waals surface area contributed by atoms with Gasteiger partial charge in [0.1, 0.15) is 5.69 Å². The second-order valence-electron chi connectivity index (χ2n) is 4.62. The second kappa shape index (κ2) is 8.23. The summed E-state index contributed by atoms with van der Waals surface area (Å²) >= 11 is 6.07. The summed E-state index contributed by atoms with van der Waals surface area (Å²) in [4.78, 5) is 26.8. The van der Waals surface area contributed by atoms with Crippen LogP contribution in [0.1, 0.15) is 45.8 Å². The molecule has 1 aromatic heterocycles. The molecule has 0 aliphatic heterocycles. The lowest BCUT2D eigenvalue weighted by atomic mass is 10.1. The quantitative estimate of drug-likeness (QED) is 0.681. The van der Waals surface area contributed by atoms with Crippen molar-refractivity contribution in [2.75, 3.05) is 13.2 Å². The van der Waals surface area contributed by atoms with Crippen molar-refractivity contribution in [3.05, 3.63) is 57.9 Å². The van der Waals surface area contributed by atoms with Gasteiger partial charge in [0.15, 0.2) is 0 Å². The maximum absolute atomic E-state index is 12.0. The number of rotatable bonds is 4. The molecule has 0 fully saturated rings. The van der Waals surface area contributed by atoms with Gasteiger partial charge in [-0.2, -0.15) is 0 Å². The van der Waals surface area contributed by atoms with Crippen LogP contribution in [-0.4, -0.2) is 30.1 Å². The summed E-state index contributed by atoms with van der Waals surface area (Å²) in [6.45, 7) is 3.83. The Hall–Kier alpha value is -2.71. The molecule has 2 rings (SSSR count). The lowest BCUT2D eigenvalue weighted by molar-refractivity contribution is 0.0518. The zero-order valence-electron chi connectivity index (χ0n) is 13.3. The number of carbonyl (C=O) groups is 2. The maximum Gasteiger partial charge on any atom is 0.356 e. The molecule has 2 aromatic rings. The Balaban J connectivity index is 2.49. The van der Waals surface area contributed by atoms with Gasteiger partial charge in [-0.05, 0) is 26.0 Å². The number of aromatic nitrogens is 1. The molecule has 1 N–H and O–H groups in total. The predicted molar refractivity (Wildman–Crippen MR) is 90.1 cm³/mol.